The van der Waals surface area contributed by atoms with E-state index in [0.717, 1.165) is 29.9 Å². The topological polar surface area (TPSA) is 83.9 Å². The standard InChI is InChI=1S/C21H22N6O/c1-14-13-15(2)24-21(23-14)26-19-10-5-8-16(25-19)18-9-6-12-27(18)20(28)17-7-3-4-11-22-17/h3-5,7-8,10-11,13,18H,6,9,12H2,1-2H3,(H,23,24,25,26). The summed E-state index contributed by atoms with van der Waals surface area (Å²) in [6, 6.07) is 13.0. The molecule has 3 aromatic heterocycles. The molecule has 4 rings (SSSR count). The third-order valence-electron chi connectivity index (χ3n) is 4.73. The minimum absolute atomic E-state index is 0.0547. The van der Waals surface area contributed by atoms with Crippen molar-refractivity contribution in [3.05, 3.63) is 71.4 Å². The second kappa shape index (κ2) is 7.72. The van der Waals surface area contributed by atoms with Gasteiger partial charge in [-0.2, -0.15) is 0 Å². The molecule has 7 nitrogen and oxygen atoms in total. The Morgan fingerprint density at radius 2 is 1.89 bits per heavy atom. The van der Waals surface area contributed by atoms with E-state index in [1.165, 1.54) is 0 Å². The molecule has 142 valence electrons. The number of hydrogen-bond acceptors (Lipinski definition) is 6. The largest absolute Gasteiger partial charge is 0.329 e. The molecule has 0 bridgehead atoms. The molecule has 0 aromatic carbocycles. The first-order valence-electron chi connectivity index (χ1n) is 9.38. The predicted molar refractivity (Wildman–Crippen MR) is 106 cm³/mol. The molecule has 0 spiro atoms. The summed E-state index contributed by atoms with van der Waals surface area (Å²) in [6.07, 6.45) is 3.47. The highest BCUT2D eigenvalue weighted by atomic mass is 16.2. The van der Waals surface area contributed by atoms with Gasteiger partial charge in [0.1, 0.15) is 11.5 Å². The number of carbonyl (C=O) groups excluding carboxylic acids is 1. The quantitative estimate of drug-likeness (QED) is 0.751. The molecule has 1 N–H and O–H groups in total. The summed E-state index contributed by atoms with van der Waals surface area (Å²) < 4.78 is 0. The normalized spacial score (nSPS) is 16.2. The Kier molecular flexibility index (Phi) is 4.97. The van der Waals surface area contributed by atoms with Crippen molar-refractivity contribution in [1.82, 2.24) is 24.8 Å². The maximum absolute atomic E-state index is 12.9. The van der Waals surface area contributed by atoms with Gasteiger partial charge in [-0.05, 0) is 57.0 Å². The van der Waals surface area contributed by atoms with Crippen LogP contribution in [-0.2, 0) is 0 Å². The molecule has 1 aliphatic heterocycles. The van der Waals surface area contributed by atoms with Crippen LogP contribution in [0.1, 0.15) is 46.5 Å². The van der Waals surface area contributed by atoms with Crippen molar-refractivity contribution in [2.24, 2.45) is 0 Å². The van der Waals surface area contributed by atoms with Gasteiger partial charge in [0.15, 0.2) is 0 Å². The molecular weight excluding hydrogens is 352 g/mol. The second-order valence-electron chi connectivity index (χ2n) is 6.92. The fourth-order valence-electron chi connectivity index (χ4n) is 3.56. The lowest BCUT2D eigenvalue weighted by Crippen LogP contribution is -2.31. The van der Waals surface area contributed by atoms with Crippen LogP contribution in [0, 0.1) is 13.8 Å². The van der Waals surface area contributed by atoms with Crippen molar-refractivity contribution >= 4 is 17.7 Å². The van der Waals surface area contributed by atoms with Crippen molar-refractivity contribution in [2.45, 2.75) is 32.7 Å². The SMILES string of the molecule is Cc1cc(C)nc(Nc2cccc(C3CCCN3C(=O)c3ccccn3)n2)n1. The third kappa shape index (κ3) is 3.83. The lowest BCUT2D eigenvalue weighted by Gasteiger charge is -2.24. The lowest BCUT2D eigenvalue weighted by atomic mass is 10.1. The number of aromatic nitrogens is 4. The van der Waals surface area contributed by atoms with Crippen LogP contribution in [0.15, 0.2) is 48.7 Å². The molecule has 3 aromatic rings. The summed E-state index contributed by atoms with van der Waals surface area (Å²) in [6.45, 7) is 4.58. The number of amides is 1. The molecule has 1 atom stereocenters. The van der Waals surface area contributed by atoms with Crippen LogP contribution in [0.25, 0.3) is 0 Å². The van der Waals surface area contributed by atoms with E-state index in [4.69, 9.17) is 4.98 Å². The predicted octanol–water partition coefficient (Wildman–Crippen LogP) is 3.60. The van der Waals surface area contributed by atoms with Gasteiger partial charge in [0.05, 0.1) is 11.7 Å². The highest BCUT2D eigenvalue weighted by molar-refractivity contribution is 5.92. The van der Waals surface area contributed by atoms with Gasteiger partial charge in [0.25, 0.3) is 5.91 Å². The monoisotopic (exact) mass is 374 g/mol. The van der Waals surface area contributed by atoms with Gasteiger partial charge in [-0.1, -0.05) is 12.1 Å². The number of nitrogens with zero attached hydrogens (tertiary/aromatic N) is 5. The number of hydrogen-bond donors (Lipinski definition) is 1. The molecular formula is C21H22N6O. The summed E-state index contributed by atoms with van der Waals surface area (Å²) >= 11 is 0. The molecule has 1 fully saturated rings. The van der Waals surface area contributed by atoms with Crippen LogP contribution in [0.4, 0.5) is 11.8 Å². The Balaban J connectivity index is 1.57. The van der Waals surface area contributed by atoms with Crippen LogP contribution in [0.3, 0.4) is 0 Å². The van der Waals surface area contributed by atoms with E-state index in [0.29, 0.717) is 24.0 Å². The van der Waals surface area contributed by atoms with Gasteiger partial charge in [-0.25, -0.2) is 15.0 Å². The Labute approximate surface area is 163 Å². The molecule has 4 heterocycles. The van der Waals surface area contributed by atoms with Crippen molar-refractivity contribution in [1.29, 1.82) is 0 Å². The van der Waals surface area contributed by atoms with E-state index in [1.807, 2.05) is 55.1 Å². The number of anilines is 2. The van der Waals surface area contributed by atoms with Crippen LogP contribution in [0.2, 0.25) is 0 Å². The minimum Gasteiger partial charge on any atom is -0.329 e. The molecule has 0 aliphatic carbocycles. The number of nitrogens with one attached hydrogen (secondary N) is 1. The molecule has 1 saturated heterocycles. The Morgan fingerprint density at radius 1 is 1.07 bits per heavy atom. The Bertz CT molecular complexity index is 971. The summed E-state index contributed by atoms with van der Waals surface area (Å²) in [5.74, 6) is 1.13. The van der Waals surface area contributed by atoms with Crippen molar-refractivity contribution in [2.75, 3.05) is 11.9 Å². The van der Waals surface area contributed by atoms with E-state index < -0.39 is 0 Å². The van der Waals surface area contributed by atoms with Gasteiger partial charge >= 0.3 is 0 Å². The van der Waals surface area contributed by atoms with Crippen LogP contribution in [0.5, 0.6) is 0 Å². The molecule has 1 aliphatic rings. The average Bonchev–Trinajstić information content (AvgIpc) is 3.17. The first kappa shape index (κ1) is 18.0. The summed E-state index contributed by atoms with van der Waals surface area (Å²) in [5.41, 5.74) is 3.12. The van der Waals surface area contributed by atoms with Gasteiger partial charge < -0.3 is 10.2 Å². The number of pyridine rings is 2. The number of carbonyl (C=O) groups is 1. The maximum Gasteiger partial charge on any atom is 0.273 e. The third-order valence-corrected chi connectivity index (χ3v) is 4.73. The Hall–Kier alpha value is -3.35. The fraction of sp³-hybridized carbons (Fsp3) is 0.286. The fourth-order valence-corrected chi connectivity index (χ4v) is 3.56. The minimum atomic E-state index is -0.0589. The first-order chi connectivity index (χ1) is 13.6. The van der Waals surface area contributed by atoms with Crippen LogP contribution in [-0.4, -0.2) is 37.3 Å². The van der Waals surface area contributed by atoms with Gasteiger partial charge in [0, 0.05) is 24.1 Å². The lowest BCUT2D eigenvalue weighted by molar-refractivity contribution is 0.0727. The molecule has 0 saturated carbocycles. The number of rotatable bonds is 4. The van der Waals surface area contributed by atoms with Crippen molar-refractivity contribution in [3.63, 3.8) is 0 Å². The highest BCUT2D eigenvalue weighted by Gasteiger charge is 2.32. The zero-order valence-electron chi connectivity index (χ0n) is 16.0. The van der Waals surface area contributed by atoms with Gasteiger partial charge in [0.2, 0.25) is 5.95 Å². The number of likely N-dealkylation sites (tertiary alicyclic amines) is 1. The van der Waals surface area contributed by atoms with Crippen molar-refractivity contribution in [3.8, 4) is 0 Å². The molecule has 28 heavy (non-hydrogen) atoms. The second-order valence-corrected chi connectivity index (χ2v) is 6.92. The van der Waals surface area contributed by atoms with Gasteiger partial charge in [-0.3, -0.25) is 9.78 Å². The van der Waals surface area contributed by atoms with E-state index in [2.05, 4.69) is 20.3 Å². The summed E-state index contributed by atoms with van der Waals surface area (Å²) in [7, 11) is 0. The van der Waals surface area contributed by atoms with E-state index in [9.17, 15) is 4.79 Å². The molecule has 1 unspecified atom stereocenters. The van der Waals surface area contributed by atoms with E-state index in [-0.39, 0.29) is 11.9 Å². The molecule has 1 amide bonds. The van der Waals surface area contributed by atoms with Crippen LogP contribution < -0.4 is 5.32 Å². The van der Waals surface area contributed by atoms with E-state index in [1.54, 1.807) is 12.3 Å². The summed E-state index contributed by atoms with van der Waals surface area (Å²) in [4.78, 5) is 32.5. The maximum atomic E-state index is 12.9. The Morgan fingerprint density at radius 3 is 2.64 bits per heavy atom. The zero-order chi connectivity index (χ0) is 19.5. The molecule has 0 radical (unpaired) electrons. The summed E-state index contributed by atoms with van der Waals surface area (Å²) in [5, 5.41) is 3.18. The molecule has 7 heteroatoms. The van der Waals surface area contributed by atoms with Gasteiger partial charge in [-0.15, -0.1) is 0 Å². The first-order valence-corrected chi connectivity index (χ1v) is 9.38. The smallest absolute Gasteiger partial charge is 0.273 e. The van der Waals surface area contributed by atoms with Crippen molar-refractivity contribution < 1.29 is 4.79 Å². The zero-order valence-corrected chi connectivity index (χ0v) is 16.0. The average molecular weight is 374 g/mol. The number of aryl methyl sites for hydroxylation is 2. The highest BCUT2D eigenvalue weighted by Crippen LogP contribution is 2.32. The van der Waals surface area contributed by atoms with E-state index >= 15 is 0 Å². The van der Waals surface area contributed by atoms with Crippen LogP contribution >= 0.6 is 0 Å².